The highest BCUT2D eigenvalue weighted by atomic mass is 79.9. The number of carbonyl (C=O) groups excluding carboxylic acids is 1. The number of fused-ring (bicyclic) bond motifs is 1. The van der Waals surface area contributed by atoms with E-state index in [4.69, 9.17) is 10.5 Å². The topological polar surface area (TPSA) is 74.3 Å². The Labute approximate surface area is 147 Å². The molecule has 0 radical (unpaired) electrons. The van der Waals surface area contributed by atoms with Crippen LogP contribution in [0.15, 0.2) is 45.3 Å². The number of allylic oxidation sites excluding steroid dienone is 1. The van der Waals surface area contributed by atoms with E-state index in [9.17, 15) is 9.59 Å². The predicted octanol–water partition coefficient (Wildman–Crippen LogP) is 2.80. The van der Waals surface area contributed by atoms with E-state index < -0.39 is 5.97 Å². The van der Waals surface area contributed by atoms with Crippen LogP contribution < -0.4 is 11.3 Å². The van der Waals surface area contributed by atoms with E-state index >= 15 is 0 Å². The fourth-order valence-electron chi connectivity index (χ4n) is 2.92. The number of nitrogen functional groups attached to an aromatic ring is 1. The predicted molar refractivity (Wildman–Crippen MR) is 96.3 cm³/mol. The zero-order chi connectivity index (χ0) is 17.4. The van der Waals surface area contributed by atoms with Crippen LogP contribution in [0.1, 0.15) is 23.6 Å². The highest BCUT2D eigenvalue weighted by Crippen LogP contribution is 2.36. The monoisotopic (exact) mass is 388 g/mol. The first-order chi connectivity index (χ1) is 11.4. The molecule has 1 aliphatic carbocycles. The lowest BCUT2D eigenvalue weighted by molar-refractivity contribution is -0.137. The average molecular weight is 389 g/mol. The van der Waals surface area contributed by atoms with E-state index in [1.165, 1.54) is 4.57 Å². The number of esters is 1. The van der Waals surface area contributed by atoms with Crippen molar-refractivity contribution in [3.8, 4) is 0 Å². The summed E-state index contributed by atoms with van der Waals surface area (Å²) in [5, 5.41) is 0. The lowest BCUT2D eigenvalue weighted by Crippen LogP contribution is -2.21. The Morgan fingerprint density at radius 3 is 2.79 bits per heavy atom. The molecule has 0 spiro atoms. The van der Waals surface area contributed by atoms with Gasteiger partial charge >= 0.3 is 5.97 Å². The Balaban J connectivity index is 1.90. The largest absolute Gasteiger partial charge is 0.457 e. The minimum atomic E-state index is -0.441. The maximum atomic E-state index is 12.6. The van der Waals surface area contributed by atoms with Crippen molar-refractivity contribution in [3.63, 3.8) is 0 Å². The Morgan fingerprint density at radius 1 is 1.38 bits per heavy atom. The number of aryl methyl sites for hydroxylation is 1. The highest BCUT2D eigenvalue weighted by molar-refractivity contribution is 9.10. The molecule has 24 heavy (non-hydrogen) atoms. The molecule has 2 N–H and O–H groups in total. The smallest absolute Gasteiger partial charge is 0.339 e. The van der Waals surface area contributed by atoms with Crippen LogP contribution in [0.3, 0.4) is 0 Å². The number of nitrogens with two attached hydrogens (primary N) is 1. The van der Waals surface area contributed by atoms with Crippen LogP contribution in [0.4, 0.5) is 5.69 Å². The molecular weight excluding hydrogens is 372 g/mol. The Morgan fingerprint density at radius 2 is 2.08 bits per heavy atom. The quantitative estimate of drug-likeness (QED) is 0.647. The molecular formula is C18H17BrN2O3. The third-order valence-electron chi connectivity index (χ3n) is 4.16. The molecule has 5 nitrogen and oxygen atoms in total. The van der Waals surface area contributed by atoms with E-state index in [1.54, 1.807) is 19.3 Å². The number of hydrogen-bond acceptors (Lipinski definition) is 4. The maximum absolute atomic E-state index is 12.6. The van der Waals surface area contributed by atoms with Gasteiger partial charge in [0.05, 0.1) is 5.57 Å². The minimum Gasteiger partial charge on any atom is -0.457 e. The number of ether oxygens (including phenoxy) is 1. The van der Waals surface area contributed by atoms with E-state index in [1.807, 2.05) is 25.1 Å². The molecule has 0 aliphatic heterocycles. The fourth-order valence-corrected chi connectivity index (χ4v) is 3.66. The molecule has 0 unspecified atom stereocenters. The van der Waals surface area contributed by atoms with Gasteiger partial charge in [-0.05, 0) is 28.9 Å². The summed E-state index contributed by atoms with van der Waals surface area (Å²) in [5.41, 5.74) is 9.67. The molecule has 124 valence electrons. The molecule has 1 aliphatic rings. The van der Waals surface area contributed by atoms with Gasteiger partial charge in [-0.1, -0.05) is 23.8 Å². The third-order valence-corrected chi connectivity index (χ3v) is 4.76. The van der Waals surface area contributed by atoms with Crippen LogP contribution in [-0.4, -0.2) is 10.5 Å². The van der Waals surface area contributed by atoms with Crippen LogP contribution in [0.5, 0.6) is 0 Å². The number of nitrogens with zero attached hydrogens (tertiary/aromatic N) is 1. The summed E-state index contributed by atoms with van der Waals surface area (Å²) >= 11 is 3.45. The van der Waals surface area contributed by atoms with E-state index in [0.717, 1.165) is 11.1 Å². The van der Waals surface area contributed by atoms with Crippen LogP contribution in [0.2, 0.25) is 0 Å². The lowest BCUT2D eigenvalue weighted by Gasteiger charge is -2.11. The van der Waals surface area contributed by atoms with Gasteiger partial charge in [-0.15, -0.1) is 0 Å². The summed E-state index contributed by atoms with van der Waals surface area (Å²) in [4.78, 5) is 24.9. The Kier molecular flexibility index (Phi) is 4.32. The fraction of sp³-hybridized carbons (Fsp3) is 0.222. The van der Waals surface area contributed by atoms with Gasteiger partial charge in [0.2, 0.25) is 0 Å². The first-order valence-electron chi connectivity index (χ1n) is 7.48. The molecule has 1 aromatic carbocycles. The second-order valence-corrected chi connectivity index (χ2v) is 6.71. The Hall–Kier alpha value is -2.34. The molecule has 6 heteroatoms. The summed E-state index contributed by atoms with van der Waals surface area (Å²) in [6.45, 7) is 1.94. The van der Waals surface area contributed by atoms with Crippen LogP contribution in [0, 0.1) is 0 Å². The van der Waals surface area contributed by atoms with Gasteiger partial charge in [-0.2, -0.15) is 0 Å². The zero-order valence-electron chi connectivity index (χ0n) is 13.4. The van der Waals surface area contributed by atoms with Crippen LogP contribution in [-0.2, 0) is 29.6 Å². The zero-order valence-corrected chi connectivity index (χ0v) is 15.0. The van der Waals surface area contributed by atoms with Gasteiger partial charge in [0.15, 0.2) is 0 Å². The standard InChI is InChI=1S/C18H17BrN2O3/c1-10-7-12-16(13(19)8-21(2)17(12)22)15(10)18(23)24-9-11-5-3-4-6-14(11)20/h3-6,8H,7,9,20H2,1-2H3. The highest BCUT2D eigenvalue weighted by Gasteiger charge is 2.30. The second-order valence-electron chi connectivity index (χ2n) is 5.85. The van der Waals surface area contributed by atoms with Crippen molar-refractivity contribution < 1.29 is 9.53 Å². The van der Waals surface area contributed by atoms with Gasteiger partial charge in [0.1, 0.15) is 6.61 Å². The van der Waals surface area contributed by atoms with Gasteiger partial charge < -0.3 is 15.0 Å². The average Bonchev–Trinajstić information content (AvgIpc) is 2.90. The maximum Gasteiger partial charge on any atom is 0.339 e. The summed E-state index contributed by atoms with van der Waals surface area (Å²) in [6, 6.07) is 7.25. The summed E-state index contributed by atoms with van der Waals surface area (Å²) < 4.78 is 7.66. The third kappa shape index (κ3) is 2.78. The van der Waals surface area contributed by atoms with Crippen molar-refractivity contribution in [3.05, 3.63) is 67.6 Å². The number of para-hydroxylation sites is 1. The number of halogens is 1. The minimum absolute atomic E-state index is 0.0948. The molecule has 0 fully saturated rings. The number of pyridine rings is 1. The van der Waals surface area contributed by atoms with Crippen molar-refractivity contribution in [2.24, 2.45) is 7.05 Å². The Bertz CT molecular complexity index is 928. The first kappa shape index (κ1) is 16.5. The second kappa shape index (κ2) is 6.28. The number of hydrogen-bond donors (Lipinski definition) is 1. The van der Waals surface area contributed by atoms with Gasteiger partial charge in [-0.3, -0.25) is 4.79 Å². The number of rotatable bonds is 3. The van der Waals surface area contributed by atoms with Gasteiger partial charge in [-0.25, -0.2) is 4.79 Å². The molecule has 1 aromatic heterocycles. The summed E-state index contributed by atoms with van der Waals surface area (Å²) in [7, 11) is 1.69. The molecule has 0 amide bonds. The molecule has 0 atom stereocenters. The number of carbonyl (C=O) groups is 1. The number of anilines is 1. The van der Waals surface area contributed by atoms with Gasteiger partial charge in [0.25, 0.3) is 5.56 Å². The van der Waals surface area contributed by atoms with E-state index in [-0.39, 0.29) is 12.2 Å². The van der Waals surface area contributed by atoms with Gasteiger partial charge in [0, 0.05) is 46.5 Å². The van der Waals surface area contributed by atoms with E-state index in [0.29, 0.717) is 33.3 Å². The van der Waals surface area contributed by atoms with Crippen LogP contribution in [0.25, 0.3) is 5.57 Å². The summed E-state index contributed by atoms with van der Waals surface area (Å²) in [6.07, 6.45) is 2.13. The van der Waals surface area contributed by atoms with Crippen molar-refractivity contribution >= 4 is 33.2 Å². The summed E-state index contributed by atoms with van der Waals surface area (Å²) in [5.74, 6) is -0.441. The molecule has 0 saturated carbocycles. The first-order valence-corrected chi connectivity index (χ1v) is 8.28. The van der Waals surface area contributed by atoms with Crippen molar-refractivity contribution in [1.29, 1.82) is 0 Å². The molecule has 3 rings (SSSR count). The van der Waals surface area contributed by atoms with Crippen molar-refractivity contribution in [1.82, 2.24) is 4.57 Å². The van der Waals surface area contributed by atoms with E-state index in [2.05, 4.69) is 15.9 Å². The molecule has 0 bridgehead atoms. The van der Waals surface area contributed by atoms with Crippen LogP contribution >= 0.6 is 15.9 Å². The SMILES string of the molecule is CC1=C(C(=O)OCc2ccccc2N)c2c(Br)cn(C)c(=O)c2C1. The number of benzene rings is 1. The molecule has 2 aromatic rings. The van der Waals surface area contributed by atoms with Crippen molar-refractivity contribution in [2.45, 2.75) is 20.0 Å². The molecule has 0 saturated heterocycles. The normalized spacial score (nSPS) is 13.1. The lowest BCUT2D eigenvalue weighted by atomic mass is 10.1. The molecule has 1 heterocycles. The van der Waals surface area contributed by atoms with Crippen molar-refractivity contribution in [2.75, 3.05) is 5.73 Å². The number of aromatic nitrogens is 1.